The lowest BCUT2D eigenvalue weighted by Crippen LogP contribution is -2.34. The molecule has 0 aliphatic heterocycles. The van der Waals surface area contributed by atoms with Gasteiger partial charge in [0.2, 0.25) is 10.0 Å². The number of aromatic nitrogens is 2. The minimum absolute atomic E-state index is 0.128. The number of nitrogens with one attached hydrogen (secondary N) is 2. The molecule has 2 N–H and O–H groups in total. The zero-order valence-corrected chi connectivity index (χ0v) is 17.6. The molecule has 1 aliphatic rings. The van der Waals surface area contributed by atoms with E-state index in [1.54, 1.807) is 6.92 Å². The van der Waals surface area contributed by atoms with Crippen LogP contribution in [-0.4, -0.2) is 36.9 Å². The number of anilines is 1. The van der Waals surface area contributed by atoms with Gasteiger partial charge < -0.3 is 9.84 Å². The number of benzene rings is 1. The smallest absolute Gasteiger partial charge is 0.321 e. The summed E-state index contributed by atoms with van der Waals surface area (Å²) < 4.78 is 31.3. The van der Waals surface area contributed by atoms with E-state index in [9.17, 15) is 8.42 Å². The fourth-order valence-electron chi connectivity index (χ4n) is 3.55. The third-order valence-corrected chi connectivity index (χ3v) is 6.99. The van der Waals surface area contributed by atoms with Crippen LogP contribution in [0.5, 0.6) is 0 Å². The van der Waals surface area contributed by atoms with Crippen LogP contribution in [0.25, 0.3) is 0 Å². The van der Waals surface area contributed by atoms with Crippen molar-refractivity contribution >= 4 is 16.0 Å². The van der Waals surface area contributed by atoms with Gasteiger partial charge in [0.15, 0.2) is 5.82 Å². The molecular weight excluding hydrogens is 376 g/mol. The molecule has 3 rings (SSSR count). The highest BCUT2D eigenvalue weighted by Crippen LogP contribution is 2.31. The van der Waals surface area contributed by atoms with Crippen LogP contribution in [0, 0.1) is 5.92 Å². The maximum atomic E-state index is 11.6. The molecule has 2 aromatic rings. The Labute approximate surface area is 167 Å². The molecular formula is C20H30N4O3S. The molecule has 0 amide bonds. The van der Waals surface area contributed by atoms with Gasteiger partial charge in [0, 0.05) is 12.6 Å². The largest absolute Gasteiger partial charge is 0.335 e. The highest BCUT2D eigenvalue weighted by Gasteiger charge is 2.30. The third kappa shape index (κ3) is 5.11. The van der Waals surface area contributed by atoms with Crippen LogP contribution in [0.4, 0.5) is 6.01 Å². The lowest BCUT2D eigenvalue weighted by molar-refractivity contribution is 0.329. The van der Waals surface area contributed by atoms with Gasteiger partial charge in [-0.25, -0.2) is 13.1 Å². The van der Waals surface area contributed by atoms with Crippen LogP contribution in [0.3, 0.4) is 0 Å². The minimum atomic E-state index is -3.11. The van der Waals surface area contributed by atoms with Crippen molar-refractivity contribution in [3.05, 3.63) is 41.7 Å². The van der Waals surface area contributed by atoms with Crippen LogP contribution in [0.2, 0.25) is 0 Å². The second-order valence-corrected chi connectivity index (χ2v) is 10.1. The molecule has 1 aromatic carbocycles. The van der Waals surface area contributed by atoms with Crippen molar-refractivity contribution in [3.8, 4) is 0 Å². The summed E-state index contributed by atoms with van der Waals surface area (Å²) in [7, 11) is -3.11. The van der Waals surface area contributed by atoms with Crippen molar-refractivity contribution in [2.75, 3.05) is 17.6 Å². The number of hydrogen-bond donors (Lipinski definition) is 2. The first-order valence-corrected chi connectivity index (χ1v) is 11.6. The van der Waals surface area contributed by atoms with Gasteiger partial charge in [-0.15, -0.1) is 0 Å². The van der Waals surface area contributed by atoms with Crippen LogP contribution < -0.4 is 10.0 Å². The van der Waals surface area contributed by atoms with Gasteiger partial charge in [0.25, 0.3) is 0 Å². The Balaban J connectivity index is 1.53. The lowest BCUT2D eigenvalue weighted by atomic mass is 9.84. The van der Waals surface area contributed by atoms with Gasteiger partial charge >= 0.3 is 6.01 Å². The van der Waals surface area contributed by atoms with Gasteiger partial charge in [0.1, 0.15) is 0 Å². The summed E-state index contributed by atoms with van der Waals surface area (Å²) in [5, 5.41) is 7.54. The highest BCUT2D eigenvalue weighted by molar-refractivity contribution is 7.89. The predicted molar refractivity (Wildman–Crippen MR) is 110 cm³/mol. The Morgan fingerprint density at radius 1 is 1.14 bits per heavy atom. The van der Waals surface area contributed by atoms with E-state index in [4.69, 9.17) is 4.52 Å². The van der Waals surface area contributed by atoms with Crippen molar-refractivity contribution in [3.63, 3.8) is 0 Å². The van der Waals surface area contributed by atoms with Gasteiger partial charge in [0.05, 0.1) is 11.2 Å². The summed E-state index contributed by atoms with van der Waals surface area (Å²) in [5.74, 6) is 1.17. The standard InChI is InChI=1S/C20H30N4O3S/c1-4-28(25,26)21-14-15-10-12-17(13-11-15)22-19-23-18(24-27-19)20(2,3)16-8-6-5-7-9-16/h5-9,15,17,21H,4,10-14H2,1-3H3,(H,22,23,24). The van der Waals surface area contributed by atoms with Crippen molar-refractivity contribution in [2.45, 2.75) is 57.9 Å². The Morgan fingerprint density at radius 2 is 1.82 bits per heavy atom. The molecule has 0 atom stereocenters. The average molecular weight is 407 g/mol. The number of hydrogen-bond acceptors (Lipinski definition) is 6. The zero-order valence-electron chi connectivity index (χ0n) is 16.8. The second kappa shape index (κ2) is 8.61. The van der Waals surface area contributed by atoms with Crippen LogP contribution in [0.15, 0.2) is 34.9 Å². The van der Waals surface area contributed by atoms with Gasteiger partial charge in [-0.2, -0.15) is 4.98 Å². The molecule has 0 bridgehead atoms. The van der Waals surface area contributed by atoms with Crippen molar-refractivity contribution in [1.29, 1.82) is 0 Å². The van der Waals surface area contributed by atoms with E-state index in [1.165, 1.54) is 0 Å². The summed E-state index contributed by atoms with van der Waals surface area (Å²) >= 11 is 0. The summed E-state index contributed by atoms with van der Waals surface area (Å²) in [4.78, 5) is 4.57. The predicted octanol–water partition coefficient (Wildman–Crippen LogP) is 3.31. The monoisotopic (exact) mass is 406 g/mol. The molecule has 1 fully saturated rings. The van der Waals surface area contributed by atoms with E-state index < -0.39 is 10.0 Å². The van der Waals surface area contributed by atoms with E-state index in [-0.39, 0.29) is 17.2 Å². The van der Waals surface area contributed by atoms with Gasteiger partial charge in [-0.1, -0.05) is 35.5 Å². The molecule has 154 valence electrons. The zero-order chi connectivity index (χ0) is 20.2. The Morgan fingerprint density at radius 3 is 2.46 bits per heavy atom. The van der Waals surface area contributed by atoms with Crippen LogP contribution >= 0.6 is 0 Å². The summed E-state index contributed by atoms with van der Waals surface area (Å²) in [5.41, 5.74) is 0.802. The first-order chi connectivity index (χ1) is 13.3. The van der Waals surface area contributed by atoms with Gasteiger partial charge in [-0.3, -0.25) is 0 Å². The second-order valence-electron chi connectivity index (χ2n) is 8.03. The molecule has 0 radical (unpaired) electrons. The van der Waals surface area contributed by atoms with E-state index in [0.29, 0.717) is 24.3 Å². The SMILES string of the molecule is CCS(=O)(=O)NCC1CCC(Nc2nc(C(C)(C)c3ccccc3)no2)CC1. The van der Waals surface area contributed by atoms with Crippen molar-refractivity contribution < 1.29 is 12.9 Å². The molecule has 1 aromatic heterocycles. The fraction of sp³-hybridized carbons (Fsp3) is 0.600. The average Bonchev–Trinajstić information content (AvgIpc) is 3.17. The van der Waals surface area contributed by atoms with E-state index in [2.05, 4.69) is 46.2 Å². The van der Waals surface area contributed by atoms with Gasteiger partial charge in [-0.05, 0) is 57.9 Å². The van der Waals surface area contributed by atoms with Crippen molar-refractivity contribution in [2.24, 2.45) is 5.92 Å². The molecule has 28 heavy (non-hydrogen) atoms. The Hall–Kier alpha value is -1.93. The topological polar surface area (TPSA) is 97.1 Å². The third-order valence-electron chi connectivity index (χ3n) is 5.63. The Kier molecular flexibility index (Phi) is 6.40. The van der Waals surface area contributed by atoms with E-state index >= 15 is 0 Å². The van der Waals surface area contributed by atoms with Crippen LogP contribution in [0.1, 0.15) is 57.8 Å². The lowest BCUT2D eigenvalue weighted by Gasteiger charge is -2.28. The first kappa shape index (κ1) is 20.8. The molecule has 1 saturated carbocycles. The molecule has 0 spiro atoms. The molecule has 0 unspecified atom stereocenters. The van der Waals surface area contributed by atoms with E-state index in [0.717, 1.165) is 31.2 Å². The summed E-state index contributed by atoms with van der Waals surface area (Å²) in [6.45, 7) is 6.35. The Bertz CT molecular complexity index is 857. The number of sulfonamides is 1. The molecule has 1 aliphatic carbocycles. The van der Waals surface area contributed by atoms with Crippen molar-refractivity contribution in [1.82, 2.24) is 14.9 Å². The number of nitrogens with zero attached hydrogens (tertiary/aromatic N) is 2. The molecule has 7 nitrogen and oxygen atoms in total. The quantitative estimate of drug-likeness (QED) is 0.698. The summed E-state index contributed by atoms with van der Waals surface area (Å²) in [6, 6.07) is 10.9. The summed E-state index contributed by atoms with van der Waals surface area (Å²) in [6.07, 6.45) is 3.86. The highest BCUT2D eigenvalue weighted by atomic mass is 32.2. The first-order valence-electron chi connectivity index (χ1n) is 9.93. The molecule has 8 heteroatoms. The van der Waals surface area contributed by atoms with Crippen LogP contribution in [-0.2, 0) is 15.4 Å². The normalized spacial score (nSPS) is 20.8. The maximum absolute atomic E-state index is 11.6. The fourth-order valence-corrected chi connectivity index (χ4v) is 4.25. The number of rotatable bonds is 8. The molecule has 0 saturated heterocycles. The molecule has 1 heterocycles. The van der Waals surface area contributed by atoms with E-state index in [1.807, 2.05) is 18.2 Å². The maximum Gasteiger partial charge on any atom is 0.321 e. The minimum Gasteiger partial charge on any atom is -0.335 e.